The fourth-order valence-corrected chi connectivity index (χ4v) is 4.28. The molecule has 1 aromatic carbocycles. The number of carbonyl (C=O) groups is 1. The predicted octanol–water partition coefficient (Wildman–Crippen LogP) is 2.27. The van der Waals surface area contributed by atoms with Crippen LogP contribution in [0.3, 0.4) is 0 Å². The van der Waals surface area contributed by atoms with Crippen molar-refractivity contribution in [2.24, 2.45) is 5.92 Å². The van der Waals surface area contributed by atoms with E-state index in [4.69, 9.17) is 9.47 Å². The number of nitrogens with one attached hydrogen (secondary N) is 1. The van der Waals surface area contributed by atoms with E-state index in [1.54, 1.807) is 31.2 Å². The number of methoxy groups -OCH3 is 1. The molecule has 9 heteroatoms. The predicted molar refractivity (Wildman–Crippen MR) is 119 cm³/mol. The van der Waals surface area contributed by atoms with Crippen LogP contribution < -0.4 is 9.46 Å². The molecule has 1 N–H and O–H groups in total. The number of fused-ring (bicyclic) bond motifs is 1. The van der Waals surface area contributed by atoms with Crippen LogP contribution in [0.2, 0.25) is 0 Å². The average Bonchev–Trinajstić information content (AvgIpc) is 2.67. The topological polar surface area (TPSA) is 88.2 Å². The first-order chi connectivity index (χ1) is 14.1. The highest BCUT2D eigenvalue weighted by molar-refractivity contribution is 7.92. The lowest BCUT2D eigenvalue weighted by Crippen LogP contribution is -2.46. The van der Waals surface area contributed by atoms with E-state index in [2.05, 4.69) is 30.4 Å². The molecule has 0 saturated carbocycles. The van der Waals surface area contributed by atoms with Gasteiger partial charge in [0.05, 0.1) is 17.9 Å². The lowest BCUT2D eigenvalue weighted by Gasteiger charge is -2.35. The summed E-state index contributed by atoms with van der Waals surface area (Å²) >= 11 is 0. The SMILES string of the molecule is CCCN1C[C@@H](C)[C@@H](OC)CN(C)C(=O)c2cc(NS(C)(=O)=O)ccc2OC[C@@H]1C. The van der Waals surface area contributed by atoms with Crippen LogP contribution >= 0.6 is 0 Å². The number of rotatable bonds is 5. The number of nitrogens with zero attached hydrogens (tertiary/aromatic N) is 2. The largest absolute Gasteiger partial charge is 0.491 e. The maximum absolute atomic E-state index is 13.2. The van der Waals surface area contributed by atoms with Gasteiger partial charge in [-0.1, -0.05) is 13.8 Å². The smallest absolute Gasteiger partial charge is 0.257 e. The zero-order valence-corrected chi connectivity index (χ0v) is 19.7. The van der Waals surface area contributed by atoms with Gasteiger partial charge in [0.2, 0.25) is 10.0 Å². The number of amides is 1. The Morgan fingerprint density at radius 1 is 1.27 bits per heavy atom. The number of anilines is 1. The molecular weight excluding hydrogens is 406 g/mol. The fraction of sp³-hybridized carbons (Fsp3) is 0.667. The van der Waals surface area contributed by atoms with Crippen molar-refractivity contribution < 1.29 is 22.7 Å². The molecule has 8 nitrogen and oxygen atoms in total. The van der Waals surface area contributed by atoms with Gasteiger partial charge in [0.25, 0.3) is 5.91 Å². The number of carbonyl (C=O) groups excluding carboxylic acids is 1. The molecule has 170 valence electrons. The van der Waals surface area contributed by atoms with Crippen LogP contribution in [0.5, 0.6) is 5.75 Å². The summed E-state index contributed by atoms with van der Waals surface area (Å²) < 4.78 is 37.4. The average molecular weight is 442 g/mol. The number of hydrogen-bond acceptors (Lipinski definition) is 6. The molecule has 1 aliphatic rings. The van der Waals surface area contributed by atoms with Crippen molar-refractivity contribution >= 4 is 21.6 Å². The second-order valence-electron chi connectivity index (χ2n) is 8.18. The summed E-state index contributed by atoms with van der Waals surface area (Å²) in [7, 11) is -0.0668. The molecular formula is C21H35N3O5S. The van der Waals surface area contributed by atoms with Crippen LogP contribution in [-0.2, 0) is 14.8 Å². The van der Waals surface area contributed by atoms with Gasteiger partial charge in [-0.3, -0.25) is 14.4 Å². The molecule has 0 aromatic heterocycles. The van der Waals surface area contributed by atoms with E-state index in [-0.39, 0.29) is 24.0 Å². The van der Waals surface area contributed by atoms with Crippen molar-refractivity contribution in [1.29, 1.82) is 0 Å². The molecule has 2 rings (SSSR count). The Morgan fingerprint density at radius 3 is 2.57 bits per heavy atom. The van der Waals surface area contributed by atoms with Gasteiger partial charge in [0, 0.05) is 39.0 Å². The molecule has 1 aromatic rings. The van der Waals surface area contributed by atoms with E-state index in [9.17, 15) is 13.2 Å². The summed E-state index contributed by atoms with van der Waals surface area (Å²) in [4.78, 5) is 17.2. The van der Waals surface area contributed by atoms with Gasteiger partial charge in [-0.15, -0.1) is 0 Å². The van der Waals surface area contributed by atoms with Crippen LogP contribution in [0.25, 0.3) is 0 Å². The van der Waals surface area contributed by atoms with E-state index in [1.807, 2.05) is 0 Å². The van der Waals surface area contributed by atoms with E-state index >= 15 is 0 Å². The molecule has 0 saturated heterocycles. The van der Waals surface area contributed by atoms with Crippen LogP contribution in [0.1, 0.15) is 37.6 Å². The molecule has 0 fully saturated rings. The molecule has 0 unspecified atom stereocenters. The Bertz CT molecular complexity index is 830. The van der Waals surface area contributed by atoms with Gasteiger partial charge >= 0.3 is 0 Å². The minimum Gasteiger partial charge on any atom is -0.491 e. The van der Waals surface area contributed by atoms with Gasteiger partial charge in [-0.25, -0.2) is 8.42 Å². The molecule has 0 aliphatic carbocycles. The van der Waals surface area contributed by atoms with Crippen molar-refractivity contribution in [1.82, 2.24) is 9.80 Å². The zero-order chi connectivity index (χ0) is 22.5. The van der Waals surface area contributed by atoms with E-state index in [0.717, 1.165) is 25.8 Å². The summed E-state index contributed by atoms with van der Waals surface area (Å²) in [5, 5.41) is 0. The lowest BCUT2D eigenvalue weighted by atomic mass is 10.0. The van der Waals surface area contributed by atoms with E-state index in [1.165, 1.54) is 6.07 Å². The summed E-state index contributed by atoms with van der Waals surface area (Å²) in [5.74, 6) is 0.420. The quantitative estimate of drug-likeness (QED) is 0.754. The minimum atomic E-state index is -3.46. The molecule has 30 heavy (non-hydrogen) atoms. The Balaban J connectivity index is 2.44. The minimum absolute atomic E-state index is 0.119. The number of ether oxygens (including phenoxy) is 2. The Kier molecular flexibility index (Phi) is 8.52. The molecule has 1 amide bonds. The first-order valence-electron chi connectivity index (χ1n) is 10.3. The van der Waals surface area contributed by atoms with Gasteiger partial charge < -0.3 is 14.4 Å². The normalized spacial score (nSPS) is 24.4. The third-order valence-electron chi connectivity index (χ3n) is 5.39. The van der Waals surface area contributed by atoms with Gasteiger partial charge in [0.1, 0.15) is 12.4 Å². The first-order valence-corrected chi connectivity index (χ1v) is 12.2. The summed E-state index contributed by atoms with van der Waals surface area (Å²) in [6, 6.07) is 4.93. The Hall–Kier alpha value is -1.84. The molecule has 3 atom stereocenters. The summed E-state index contributed by atoms with van der Waals surface area (Å²) in [6.45, 7) is 9.05. The summed E-state index contributed by atoms with van der Waals surface area (Å²) in [5.41, 5.74) is 0.648. The highest BCUT2D eigenvalue weighted by Crippen LogP contribution is 2.26. The highest BCUT2D eigenvalue weighted by atomic mass is 32.2. The lowest BCUT2D eigenvalue weighted by molar-refractivity contribution is 0.0108. The Labute approximate surface area is 180 Å². The molecule has 0 bridgehead atoms. The van der Waals surface area contributed by atoms with Crippen molar-refractivity contribution in [3.05, 3.63) is 23.8 Å². The van der Waals surface area contributed by atoms with Crippen LogP contribution in [0.4, 0.5) is 5.69 Å². The zero-order valence-electron chi connectivity index (χ0n) is 18.8. The molecule has 0 radical (unpaired) electrons. The molecule has 1 aliphatic heterocycles. The van der Waals surface area contributed by atoms with Crippen molar-refractivity contribution in [3.8, 4) is 5.75 Å². The third-order valence-corrected chi connectivity index (χ3v) is 5.99. The van der Waals surface area contributed by atoms with Gasteiger partial charge in [-0.05, 0) is 44.0 Å². The van der Waals surface area contributed by atoms with Crippen molar-refractivity contribution in [2.45, 2.75) is 39.3 Å². The number of hydrogen-bond donors (Lipinski definition) is 1. The van der Waals surface area contributed by atoms with Crippen LogP contribution in [0, 0.1) is 5.92 Å². The second-order valence-corrected chi connectivity index (χ2v) is 9.93. The van der Waals surface area contributed by atoms with Gasteiger partial charge in [0.15, 0.2) is 0 Å². The Morgan fingerprint density at radius 2 is 1.97 bits per heavy atom. The second kappa shape index (κ2) is 10.5. The monoisotopic (exact) mass is 441 g/mol. The van der Waals surface area contributed by atoms with Gasteiger partial charge in [-0.2, -0.15) is 0 Å². The number of sulfonamides is 1. The maximum atomic E-state index is 13.2. The number of benzene rings is 1. The van der Waals surface area contributed by atoms with Crippen molar-refractivity contribution in [2.75, 3.05) is 51.4 Å². The fourth-order valence-electron chi connectivity index (χ4n) is 3.73. The maximum Gasteiger partial charge on any atom is 0.257 e. The van der Waals surface area contributed by atoms with E-state index < -0.39 is 10.0 Å². The van der Waals surface area contributed by atoms with Crippen molar-refractivity contribution in [3.63, 3.8) is 0 Å². The molecule has 0 spiro atoms. The summed E-state index contributed by atoms with van der Waals surface area (Å²) in [6.07, 6.45) is 1.99. The third kappa shape index (κ3) is 6.58. The van der Waals surface area contributed by atoms with Crippen LogP contribution in [-0.4, -0.2) is 82.9 Å². The molecule has 1 heterocycles. The highest BCUT2D eigenvalue weighted by Gasteiger charge is 2.28. The van der Waals surface area contributed by atoms with Crippen LogP contribution in [0.15, 0.2) is 18.2 Å². The van der Waals surface area contributed by atoms with E-state index in [0.29, 0.717) is 30.2 Å². The standard InChI is InChI=1S/C21H35N3O5S/c1-7-10-24-12-15(2)20(28-5)13-23(4)21(25)18-11-17(22-30(6,26)27)8-9-19(18)29-14-16(24)3/h8-9,11,15-16,20,22H,7,10,12-14H2,1-6H3/t15-,16+,20+/m1/s1. The first kappa shape index (κ1) is 24.4. The number of likely N-dealkylation sites (N-methyl/N-ethyl adjacent to an activating group) is 1.